The zero-order valence-corrected chi connectivity index (χ0v) is 15.6. The van der Waals surface area contributed by atoms with Crippen molar-refractivity contribution >= 4 is 38.1 Å². The maximum Gasteiger partial charge on any atom is 0.291 e. The van der Waals surface area contributed by atoms with Gasteiger partial charge in [-0.3, -0.25) is 9.52 Å². The third-order valence-electron chi connectivity index (χ3n) is 3.18. The van der Waals surface area contributed by atoms with Crippen molar-refractivity contribution in [2.75, 3.05) is 10.0 Å². The van der Waals surface area contributed by atoms with Crippen LogP contribution in [0.1, 0.15) is 33.3 Å². The molecule has 0 fully saturated rings. The molecule has 0 saturated carbocycles. The third kappa shape index (κ3) is 4.30. The van der Waals surface area contributed by atoms with Crippen LogP contribution in [0.3, 0.4) is 0 Å². The number of hydrogen-bond donors (Lipinski definition) is 2. The third-order valence-corrected chi connectivity index (χ3v) is 5.75. The molecule has 7 nitrogen and oxygen atoms in total. The Labute approximate surface area is 145 Å². The number of benzene rings is 1. The summed E-state index contributed by atoms with van der Waals surface area (Å²) in [5, 5.41) is 10.1. The van der Waals surface area contributed by atoms with Gasteiger partial charge < -0.3 is 5.32 Å². The van der Waals surface area contributed by atoms with Crippen LogP contribution in [0, 0.1) is 5.41 Å². The molecule has 0 unspecified atom stereocenters. The Balaban J connectivity index is 2.20. The molecule has 2 N–H and O–H groups in total. The van der Waals surface area contributed by atoms with Gasteiger partial charge in [0.05, 0.1) is 5.69 Å². The zero-order valence-electron chi connectivity index (χ0n) is 14.0. The molecule has 0 aliphatic carbocycles. The van der Waals surface area contributed by atoms with E-state index in [0.717, 1.165) is 16.9 Å². The second-order valence-corrected chi connectivity index (χ2v) is 9.03. The summed E-state index contributed by atoms with van der Waals surface area (Å²) < 4.78 is 27.2. The summed E-state index contributed by atoms with van der Waals surface area (Å²) in [4.78, 5) is 11.9. The fourth-order valence-electron chi connectivity index (χ4n) is 1.77. The molecule has 1 aromatic heterocycles. The topological polar surface area (TPSA) is 101 Å². The summed E-state index contributed by atoms with van der Waals surface area (Å²) in [6.45, 7) is 7.21. The first-order valence-electron chi connectivity index (χ1n) is 7.39. The highest BCUT2D eigenvalue weighted by atomic mass is 32.2. The van der Waals surface area contributed by atoms with E-state index in [1.807, 2.05) is 19.1 Å². The summed E-state index contributed by atoms with van der Waals surface area (Å²) in [5.74, 6) is -0.258. The van der Waals surface area contributed by atoms with Crippen molar-refractivity contribution in [3.63, 3.8) is 0 Å². The Kier molecular flexibility index (Phi) is 5.24. The van der Waals surface area contributed by atoms with E-state index in [0.29, 0.717) is 12.1 Å². The largest absolute Gasteiger partial charge is 0.300 e. The highest BCUT2D eigenvalue weighted by Gasteiger charge is 2.25. The number of nitrogens with one attached hydrogen (secondary N) is 2. The minimum atomic E-state index is -3.85. The number of aryl methyl sites for hydroxylation is 1. The molecule has 9 heteroatoms. The van der Waals surface area contributed by atoms with E-state index in [4.69, 9.17) is 0 Å². The molecule has 1 aromatic carbocycles. The predicted molar refractivity (Wildman–Crippen MR) is 94.6 cm³/mol. The molecule has 2 rings (SSSR count). The van der Waals surface area contributed by atoms with E-state index in [1.54, 1.807) is 32.9 Å². The number of carbonyl (C=O) groups excluding carboxylic acids is 1. The van der Waals surface area contributed by atoms with Crippen LogP contribution in [-0.2, 0) is 21.2 Å². The van der Waals surface area contributed by atoms with Crippen molar-refractivity contribution in [1.29, 1.82) is 0 Å². The number of hydrogen-bond acceptors (Lipinski definition) is 6. The van der Waals surface area contributed by atoms with E-state index in [-0.39, 0.29) is 15.4 Å². The summed E-state index contributed by atoms with van der Waals surface area (Å²) in [7, 11) is -3.85. The van der Waals surface area contributed by atoms with E-state index in [2.05, 4.69) is 20.2 Å². The van der Waals surface area contributed by atoms with Crippen molar-refractivity contribution in [3.8, 4) is 0 Å². The molecule has 0 aliphatic heterocycles. The lowest BCUT2D eigenvalue weighted by molar-refractivity contribution is -0.123. The van der Waals surface area contributed by atoms with Gasteiger partial charge in [0.15, 0.2) is 0 Å². The van der Waals surface area contributed by atoms with Crippen LogP contribution in [0.4, 0.5) is 10.8 Å². The molecule has 2 aromatic rings. The highest BCUT2D eigenvalue weighted by molar-refractivity contribution is 7.94. The first kappa shape index (κ1) is 18.3. The van der Waals surface area contributed by atoms with Crippen molar-refractivity contribution < 1.29 is 13.2 Å². The Hall–Kier alpha value is -2.00. The Morgan fingerprint density at radius 2 is 1.88 bits per heavy atom. The van der Waals surface area contributed by atoms with Gasteiger partial charge in [0.25, 0.3) is 14.4 Å². The highest BCUT2D eigenvalue weighted by Crippen LogP contribution is 2.25. The summed E-state index contributed by atoms with van der Waals surface area (Å²) in [5.41, 5.74) is 0.783. The average Bonchev–Trinajstić information content (AvgIpc) is 2.96. The molecule has 0 bridgehead atoms. The minimum absolute atomic E-state index is 0.152. The zero-order chi connectivity index (χ0) is 18.0. The average molecular weight is 368 g/mol. The number of rotatable bonds is 5. The van der Waals surface area contributed by atoms with Crippen molar-refractivity contribution in [3.05, 3.63) is 29.8 Å². The molecule has 0 aliphatic rings. The van der Waals surface area contributed by atoms with Crippen LogP contribution in [0.5, 0.6) is 0 Å². The molecule has 0 atom stereocenters. The van der Waals surface area contributed by atoms with Gasteiger partial charge in [-0.25, -0.2) is 0 Å². The first-order chi connectivity index (χ1) is 11.1. The lowest BCUT2D eigenvalue weighted by Gasteiger charge is -2.15. The van der Waals surface area contributed by atoms with Gasteiger partial charge in [0, 0.05) is 5.41 Å². The molecule has 24 heavy (non-hydrogen) atoms. The molecule has 0 saturated heterocycles. The maximum absolute atomic E-state index is 12.4. The van der Waals surface area contributed by atoms with Crippen LogP contribution in [0.25, 0.3) is 0 Å². The smallest absolute Gasteiger partial charge is 0.291 e. The fourth-order valence-corrected chi connectivity index (χ4v) is 3.77. The van der Waals surface area contributed by atoms with Gasteiger partial charge in [0.1, 0.15) is 0 Å². The standard InChI is InChI=1S/C15H20N4O3S2/c1-5-10-8-6-7-9-11(10)19-24(21,22)14-18-17-13(23-14)16-12(20)15(2,3)4/h6-9,19H,5H2,1-4H3,(H,16,17,20). The quantitative estimate of drug-likeness (QED) is 0.790. The number of nitrogens with zero attached hydrogens (tertiary/aromatic N) is 2. The van der Waals surface area contributed by atoms with Crippen LogP contribution >= 0.6 is 11.3 Å². The molecule has 1 heterocycles. The fraction of sp³-hybridized carbons (Fsp3) is 0.400. The molecular formula is C15H20N4O3S2. The van der Waals surface area contributed by atoms with Gasteiger partial charge in [-0.15, -0.1) is 10.2 Å². The van der Waals surface area contributed by atoms with Gasteiger partial charge in [-0.2, -0.15) is 8.42 Å². The van der Waals surface area contributed by atoms with E-state index in [9.17, 15) is 13.2 Å². The normalized spacial score (nSPS) is 12.0. The first-order valence-corrected chi connectivity index (χ1v) is 9.69. The number of para-hydroxylation sites is 1. The van der Waals surface area contributed by atoms with Crippen LogP contribution in [0.15, 0.2) is 28.6 Å². The van der Waals surface area contributed by atoms with Gasteiger partial charge >= 0.3 is 0 Å². The second kappa shape index (κ2) is 6.86. The van der Waals surface area contributed by atoms with Crippen molar-refractivity contribution in [2.24, 2.45) is 5.41 Å². The summed E-state index contributed by atoms with van der Waals surface area (Å²) in [6.07, 6.45) is 0.696. The maximum atomic E-state index is 12.4. The van der Waals surface area contributed by atoms with E-state index in [1.165, 1.54) is 0 Å². The predicted octanol–water partition coefficient (Wildman–Crippen LogP) is 2.89. The van der Waals surface area contributed by atoms with Gasteiger partial charge in [-0.05, 0) is 18.1 Å². The van der Waals surface area contributed by atoms with E-state index < -0.39 is 15.4 Å². The lowest BCUT2D eigenvalue weighted by atomic mass is 9.96. The van der Waals surface area contributed by atoms with Crippen molar-refractivity contribution in [2.45, 2.75) is 38.5 Å². The lowest BCUT2D eigenvalue weighted by Crippen LogP contribution is -2.27. The monoisotopic (exact) mass is 368 g/mol. The SMILES string of the molecule is CCc1ccccc1NS(=O)(=O)c1nnc(NC(=O)C(C)(C)C)s1. The van der Waals surface area contributed by atoms with E-state index >= 15 is 0 Å². The summed E-state index contributed by atoms with van der Waals surface area (Å²) >= 11 is 0.812. The Bertz CT molecular complexity index is 838. The minimum Gasteiger partial charge on any atom is -0.300 e. The Morgan fingerprint density at radius 1 is 1.21 bits per heavy atom. The molecule has 0 spiro atoms. The molecular weight excluding hydrogens is 348 g/mol. The van der Waals surface area contributed by atoms with Crippen molar-refractivity contribution in [1.82, 2.24) is 10.2 Å². The van der Waals surface area contributed by atoms with Crippen LogP contribution in [-0.4, -0.2) is 24.5 Å². The van der Waals surface area contributed by atoms with Gasteiger partial charge in [-0.1, -0.05) is 57.2 Å². The van der Waals surface area contributed by atoms with Crippen LogP contribution < -0.4 is 10.0 Å². The molecule has 0 radical (unpaired) electrons. The Morgan fingerprint density at radius 3 is 2.50 bits per heavy atom. The molecule has 1 amide bonds. The number of aromatic nitrogens is 2. The number of carbonyl (C=O) groups is 1. The van der Waals surface area contributed by atoms with Gasteiger partial charge in [0.2, 0.25) is 11.0 Å². The molecule has 130 valence electrons. The number of sulfonamides is 1. The van der Waals surface area contributed by atoms with Crippen LogP contribution in [0.2, 0.25) is 0 Å². The second-order valence-electron chi connectivity index (χ2n) is 6.19. The number of amides is 1. The summed E-state index contributed by atoms with van der Waals surface area (Å²) in [6, 6.07) is 7.15. The number of anilines is 2.